The number of fused-ring (bicyclic) bond motifs is 3. The average Bonchev–Trinajstić information content (AvgIpc) is 3.13. The van der Waals surface area contributed by atoms with Crippen LogP contribution in [0.1, 0.15) is 42.7 Å². The number of amides is 2. The summed E-state index contributed by atoms with van der Waals surface area (Å²) in [5, 5.41) is 12.2. The van der Waals surface area contributed by atoms with Crippen molar-refractivity contribution in [3.05, 3.63) is 59.7 Å². The van der Waals surface area contributed by atoms with Crippen molar-refractivity contribution in [1.29, 1.82) is 0 Å². The van der Waals surface area contributed by atoms with Crippen LogP contribution in [0.15, 0.2) is 48.5 Å². The number of methoxy groups -OCH3 is 1. The Morgan fingerprint density at radius 3 is 2.18 bits per heavy atom. The lowest BCUT2D eigenvalue weighted by Crippen LogP contribution is -2.61. The van der Waals surface area contributed by atoms with E-state index in [-0.39, 0.29) is 25.5 Å². The molecule has 0 radical (unpaired) electrons. The number of benzene rings is 2. The van der Waals surface area contributed by atoms with E-state index >= 15 is 0 Å². The van der Waals surface area contributed by atoms with Crippen molar-refractivity contribution in [3.8, 4) is 11.1 Å². The first kappa shape index (κ1) is 23.8. The zero-order valence-electron chi connectivity index (χ0n) is 19.5. The minimum Gasteiger partial charge on any atom is -0.479 e. The molecule has 2 N–H and O–H groups in total. The second kappa shape index (κ2) is 9.85. The van der Waals surface area contributed by atoms with Gasteiger partial charge in [-0.1, -0.05) is 48.5 Å². The van der Waals surface area contributed by atoms with Crippen LogP contribution in [0.4, 0.5) is 4.79 Å². The van der Waals surface area contributed by atoms with Gasteiger partial charge in [-0.2, -0.15) is 0 Å². The highest BCUT2D eigenvalue weighted by Gasteiger charge is 2.50. The molecule has 4 rings (SSSR count). The lowest BCUT2D eigenvalue weighted by atomic mass is 9.75. The average molecular weight is 467 g/mol. The Bertz CT molecular complexity index is 1030. The van der Waals surface area contributed by atoms with E-state index in [1.807, 2.05) is 24.3 Å². The SMILES string of the molecule is COC(CCNC(=O)OCC1c2ccccc2-c2ccccc21)C(=O)N(C)C1(C(=O)O)CCC1. The molecule has 2 aromatic rings. The van der Waals surface area contributed by atoms with Gasteiger partial charge in [-0.15, -0.1) is 0 Å². The van der Waals surface area contributed by atoms with Crippen molar-refractivity contribution in [1.82, 2.24) is 10.2 Å². The molecule has 0 heterocycles. The van der Waals surface area contributed by atoms with Crippen LogP contribution in [-0.2, 0) is 19.1 Å². The monoisotopic (exact) mass is 466 g/mol. The van der Waals surface area contributed by atoms with Crippen molar-refractivity contribution < 1.29 is 29.0 Å². The van der Waals surface area contributed by atoms with Crippen molar-refractivity contribution in [2.45, 2.75) is 43.2 Å². The second-order valence-corrected chi connectivity index (χ2v) is 8.85. The fourth-order valence-corrected chi connectivity index (χ4v) is 4.93. The summed E-state index contributed by atoms with van der Waals surface area (Å²) in [6.45, 7) is 0.366. The standard InChI is InChI=1S/C26H30N2O6/c1-28(26(24(30)31)13-7-14-26)23(29)22(33-2)12-15-27-25(32)34-16-21-19-10-5-3-8-17(19)18-9-4-6-11-20(18)21/h3-6,8-11,21-22H,7,12-16H2,1-2H3,(H,27,32)(H,30,31). The van der Waals surface area contributed by atoms with Gasteiger partial charge in [-0.25, -0.2) is 9.59 Å². The van der Waals surface area contributed by atoms with E-state index in [0.29, 0.717) is 12.8 Å². The Morgan fingerprint density at radius 1 is 1.09 bits per heavy atom. The molecule has 34 heavy (non-hydrogen) atoms. The molecule has 1 unspecified atom stereocenters. The van der Waals surface area contributed by atoms with Crippen molar-refractivity contribution in [2.24, 2.45) is 0 Å². The van der Waals surface area contributed by atoms with Gasteiger partial charge in [0.05, 0.1) is 0 Å². The fraction of sp³-hybridized carbons (Fsp3) is 0.423. The van der Waals surface area contributed by atoms with E-state index in [1.54, 1.807) is 0 Å². The van der Waals surface area contributed by atoms with Crippen LogP contribution in [0.3, 0.4) is 0 Å². The minimum absolute atomic E-state index is 0.0326. The van der Waals surface area contributed by atoms with E-state index < -0.39 is 29.6 Å². The molecule has 180 valence electrons. The fourth-order valence-electron chi connectivity index (χ4n) is 4.93. The summed E-state index contributed by atoms with van der Waals surface area (Å²) in [5.74, 6) is -1.44. The van der Waals surface area contributed by atoms with Gasteiger partial charge in [0.25, 0.3) is 5.91 Å². The number of rotatable bonds is 9. The predicted molar refractivity (Wildman–Crippen MR) is 125 cm³/mol. The quantitative estimate of drug-likeness (QED) is 0.587. The molecule has 2 aliphatic carbocycles. The van der Waals surface area contributed by atoms with Gasteiger partial charge < -0.3 is 24.8 Å². The van der Waals surface area contributed by atoms with Gasteiger partial charge in [0.15, 0.2) is 0 Å². The number of carbonyl (C=O) groups excluding carboxylic acids is 2. The van der Waals surface area contributed by atoms with E-state index in [0.717, 1.165) is 28.7 Å². The number of carboxylic acid groups (broad SMARTS) is 1. The predicted octanol–water partition coefficient (Wildman–Crippen LogP) is 3.40. The summed E-state index contributed by atoms with van der Waals surface area (Å²) < 4.78 is 10.8. The smallest absolute Gasteiger partial charge is 0.407 e. The van der Waals surface area contributed by atoms with Crippen LogP contribution in [0, 0.1) is 0 Å². The highest BCUT2D eigenvalue weighted by atomic mass is 16.5. The Labute approximate surface area is 198 Å². The third-order valence-corrected chi connectivity index (χ3v) is 7.13. The number of aliphatic carboxylic acids is 1. The summed E-state index contributed by atoms with van der Waals surface area (Å²) in [4.78, 5) is 38.1. The Balaban J connectivity index is 1.29. The Morgan fingerprint density at radius 2 is 1.68 bits per heavy atom. The number of carboxylic acids is 1. The maximum Gasteiger partial charge on any atom is 0.407 e. The summed E-state index contributed by atoms with van der Waals surface area (Å²) in [6, 6.07) is 16.2. The third-order valence-electron chi connectivity index (χ3n) is 7.13. The number of carbonyl (C=O) groups is 3. The summed E-state index contributed by atoms with van der Waals surface area (Å²) in [6.07, 6.45) is 0.414. The molecule has 8 heteroatoms. The molecule has 0 bridgehead atoms. The van der Waals surface area contributed by atoms with Gasteiger partial charge in [-0.3, -0.25) is 4.79 Å². The number of alkyl carbamates (subject to hydrolysis) is 1. The number of ether oxygens (including phenoxy) is 2. The molecule has 2 aromatic carbocycles. The Hall–Kier alpha value is -3.39. The molecular weight excluding hydrogens is 436 g/mol. The van der Waals surface area contributed by atoms with E-state index in [9.17, 15) is 19.5 Å². The van der Waals surface area contributed by atoms with E-state index in [2.05, 4.69) is 29.6 Å². The van der Waals surface area contributed by atoms with Gasteiger partial charge in [-0.05, 0) is 41.5 Å². The van der Waals surface area contributed by atoms with Crippen LogP contribution in [0.25, 0.3) is 11.1 Å². The van der Waals surface area contributed by atoms with Crippen LogP contribution >= 0.6 is 0 Å². The topological polar surface area (TPSA) is 105 Å². The first-order valence-corrected chi connectivity index (χ1v) is 11.5. The van der Waals surface area contributed by atoms with Gasteiger partial charge in [0.1, 0.15) is 18.2 Å². The first-order chi connectivity index (χ1) is 16.4. The highest BCUT2D eigenvalue weighted by Crippen LogP contribution is 2.44. The lowest BCUT2D eigenvalue weighted by Gasteiger charge is -2.45. The van der Waals surface area contributed by atoms with Crippen LogP contribution in [-0.4, -0.2) is 66.9 Å². The second-order valence-electron chi connectivity index (χ2n) is 8.85. The number of hydrogen-bond donors (Lipinski definition) is 2. The molecule has 1 fully saturated rings. The maximum absolute atomic E-state index is 12.8. The molecule has 0 aromatic heterocycles. The number of nitrogens with zero attached hydrogens (tertiary/aromatic N) is 1. The number of hydrogen-bond acceptors (Lipinski definition) is 5. The number of likely N-dealkylation sites (N-methyl/N-ethyl adjacent to an activating group) is 1. The molecule has 8 nitrogen and oxygen atoms in total. The zero-order valence-corrected chi connectivity index (χ0v) is 19.5. The summed E-state index contributed by atoms with van der Waals surface area (Å²) in [7, 11) is 2.90. The van der Waals surface area contributed by atoms with Crippen molar-refractivity contribution in [2.75, 3.05) is 27.3 Å². The van der Waals surface area contributed by atoms with Crippen molar-refractivity contribution in [3.63, 3.8) is 0 Å². The van der Waals surface area contributed by atoms with Gasteiger partial charge >= 0.3 is 12.1 Å². The molecule has 2 aliphatic rings. The normalized spacial score (nSPS) is 16.5. The molecule has 1 atom stereocenters. The zero-order chi connectivity index (χ0) is 24.3. The van der Waals surface area contributed by atoms with E-state index in [1.165, 1.54) is 19.1 Å². The molecule has 2 amide bonds. The summed E-state index contributed by atoms with van der Waals surface area (Å²) >= 11 is 0. The van der Waals surface area contributed by atoms with Gasteiger partial charge in [0.2, 0.25) is 0 Å². The number of nitrogens with one attached hydrogen (secondary N) is 1. The first-order valence-electron chi connectivity index (χ1n) is 11.5. The molecule has 1 saturated carbocycles. The molecular formula is C26H30N2O6. The molecule has 0 saturated heterocycles. The largest absolute Gasteiger partial charge is 0.479 e. The molecule has 0 aliphatic heterocycles. The molecule has 0 spiro atoms. The lowest BCUT2D eigenvalue weighted by molar-refractivity contribution is -0.168. The Kier molecular flexibility index (Phi) is 6.88. The van der Waals surface area contributed by atoms with Crippen molar-refractivity contribution >= 4 is 18.0 Å². The summed E-state index contributed by atoms with van der Waals surface area (Å²) in [5.41, 5.74) is 3.42. The van der Waals surface area contributed by atoms with Crippen LogP contribution in [0.2, 0.25) is 0 Å². The van der Waals surface area contributed by atoms with Crippen LogP contribution in [0.5, 0.6) is 0 Å². The third kappa shape index (κ3) is 4.25. The minimum atomic E-state index is -1.16. The van der Waals surface area contributed by atoms with Crippen LogP contribution < -0.4 is 5.32 Å². The maximum atomic E-state index is 12.8. The van der Waals surface area contributed by atoms with E-state index in [4.69, 9.17) is 9.47 Å². The van der Waals surface area contributed by atoms with Gasteiger partial charge in [0, 0.05) is 33.0 Å². The highest BCUT2D eigenvalue weighted by molar-refractivity contribution is 5.89.